The van der Waals surface area contributed by atoms with Gasteiger partial charge in [-0.05, 0) is 19.2 Å². The summed E-state index contributed by atoms with van der Waals surface area (Å²) in [6.07, 6.45) is 5.20. The van der Waals surface area contributed by atoms with Crippen molar-refractivity contribution >= 4 is 33.8 Å². The third-order valence-electron chi connectivity index (χ3n) is 4.32. The van der Waals surface area contributed by atoms with E-state index in [2.05, 4.69) is 24.8 Å². The Labute approximate surface area is 151 Å². The number of fused-ring (bicyclic) bond motifs is 1. The highest BCUT2D eigenvalue weighted by atomic mass is 35.5. The van der Waals surface area contributed by atoms with Crippen LogP contribution in [0.5, 0.6) is 0 Å². The molecule has 3 aliphatic rings. The Balaban J connectivity index is 0.00000182. The molecule has 1 fully saturated rings. The molecule has 0 amide bonds. The fourth-order valence-corrected chi connectivity index (χ4v) is 3.88. The van der Waals surface area contributed by atoms with Crippen molar-refractivity contribution in [3.63, 3.8) is 0 Å². The second-order valence-electron chi connectivity index (χ2n) is 6.00. The average molecular weight is 387 g/mol. The summed E-state index contributed by atoms with van der Waals surface area (Å²) < 4.78 is 32.3. The summed E-state index contributed by atoms with van der Waals surface area (Å²) in [5.74, 6) is 1.49. The van der Waals surface area contributed by atoms with E-state index in [0.717, 1.165) is 25.2 Å². The van der Waals surface area contributed by atoms with Gasteiger partial charge in [0.2, 0.25) is 0 Å². The Morgan fingerprint density at radius 3 is 2.96 bits per heavy atom. The molecule has 1 atom stereocenters. The van der Waals surface area contributed by atoms with E-state index < -0.39 is 10.0 Å². The summed E-state index contributed by atoms with van der Waals surface area (Å²) in [5.41, 5.74) is 0.749. The monoisotopic (exact) mass is 386 g/mol. The minimum Gasteiger partial charge on any atom is -0.334 e. The molecule has 136 valence electrons. The second kappa shape index (κ2) is 6.87. The maximum atomic E-state index is 11.5. The lowest BCUT2D eigenvalue weighted by molar-refractivity contribution is 0.190. The van der Waals surface area contributed by atoms with Crippen LogP contribution in [0.1, 0.15) is 17.8 Å². The minimum absolute atomic E-state index is 0. The summed E-state index contributed by atoms with van der Waals surface area (Å²) >= 11 is 0. The van der Waals surface area contributed by atoms with Crippen LogP contribution in [0.25, 0.3) is 5.57 Å². The van der Waals surface area contributed by atoms with Crippen LogP contribution in [-0.4, -0.2) is 73.2 Å². The van der Waals surface area contributed by atoms with E-state index in [1.54, 1.807) is 23.3 Å². The fraction of sp³-hybridized carbons (Fsp3) is 0.500. The van der Waals surface area contributed by atoms with Gasteiger partial charge in [0.05, 0.1) is 17.4 Å². The third-order valence-corrected chi connectivity index (χ3v) is 5.49. The van der Waals surface area contributed by atoms with Gasteiger partial charge in [0.25, 0.3) is 15.9 Å². The van der Waals surface area contributed by atoms with Crippen molar-refractivity contribution in [2.24, 2.45) is 4.40 Å². The Bertz CT molecular complexity index is 847. The highest BCUT2D eigenvalue weighted by Crippen LogP contribution is 2.24. The highest BCUT2D eigenvalue weighted by molar-refractivity contribution is 7.90. The first-order chi connectivity index (χ1) is 11.5. The second-order valence-corrected chi connectivity index (χ2v) is 7.76. The molecule has 0 spiro atoms. The zero-order chi connectivity index (χ0) is 16.7. The van der Waals surface area contributed by atoms with Crippen LogP contribution in [0.4, 0.5) is 0 Å². The molecule has 1 saturated heterocycles. The van der Waals surface area contributed by atoms with Crippen molar-refractivity contribution in [3.05, 3.63) is 30.1 Å². The average Bonchev–Trinajstić information content (AvgIpc) is 3.04. The number of sulfonamides is 1. The Morgan fingerprint density at radius 1 is 1.32 bits per heavy atom. The van der Waals surface area contributed by atoms with Gasteiger partial charge < -0.3 is 14.7 Å². The van der Waals surface area contributed by atoms with E-state index in [1.807, 2.05) is 7.05 Å². The zero-order valence-electron chi connectivity index (χ0n) is 13.6. The molecule has 4 heterocycles. The molecule has 0 bridgehead atoms. The van der Waals surface area contributed by atoms with Crippen molar-refractivity contribution in [2.75, 3.05) is 39.0 Å². The van der Waals surface area contributed by atoms with E-state index in [0.29, 0.717) is 24.1 Å². The predicted octanol–water partition coefficient (Wildman–Crippen LogP) is 0.0221. The van der Waals surface area contributed by atoms with Gasteiger partial charge in [0, 0.05) is 32.4 Å². The van der Waals surface area contributed by atoms with Crippen molar-refractivity contribution in [1.82, 2.24) is 25.3 Å². The molecule has 1 unspecified atom stereocenters. The molecule has 1 N–H and O–H groups in total. The lowest BCUT2D eigenvalue weighted by atomic mass is 10.2. The molecule has 0 aliphatic carbocycles. The van der Waals surface area contributed by atoms with Crippen LogP contribution in [0.2, 0.25) is 0 Å². The molecule has 0 radical (unpaired) electrons. The minimum atomic E-state index is -3.35. The lowest BCUT2D eigenvalue weighted by Gasteiger charge is -2.30. The normalized spacial score (nSPS) is 25.6. The number of nitrogens with one attached hydrogen (secondary N) is 1. The van der Waals surface area contributed by atoms with Crippen molar-refractivity contribution in [3.8, 4) is 0 Å². The van der Waals surface area contributed by atoms with Crippen LogP contribution >= 0.6 is 12.4 Å². The Morgan fingerprint density at radius 2 is 2.16 bits per heavy atom. The van der Waals surface area contributed by atoms with Crippen LogP contribution in [-0.2, 0) is 10.0 Å². The Hall–Kier alpha value is -1.75. The van der Waals surface area contributed by atoms with Gasteiger partial charge >= 0.3 is 0 Å². The maximum absolute atomic E-state index is 11.5. The number of amidine groups is 1. The molecule has 9 nitrogen and oxygen atoms in total. The number of halogens is 1. The number of allylic oxidation sites excluding steroid dienone is 2. The van der Waals surface area contributed by atoms with E-state index in [9.17, 15) is 8.42 Å². The van der Waals surface area contributed by atoms with Crippen molar-refractivity contribution in [1.29, 1.82) is 0 Å². The smallest absolute Gasteiger partial charge is 0.259 e. The summed E-state index contributed by atoms with van der Waals surface area (Å²) in [5, 5.41) is 7.43. The molecule has 11 heteroatoms. The number of likely N-dealkylation sites (N-methyl/N-ethyl adjacent to an activating group) is 1. The fourth-order valence-electron chi connectivity index (χ4n) is 2.91. The van der Waals surface area contributed by atoms with E-state index in [1.165, 1.54) is 0 Å². The number of hydrogen-bond acceptors (Lipinski definition) is 8. The summed E-state index contributed by atoms with van der Waals surface area (Å²) in [4.78, 5) is 8.49. The molecule has 0 saturated carbocycles. The van der Waals surface area contributed by atoms with Gasteiger partial charge in [-0.3, -0.25) is 4.90 Å². The van der Waals surface area contributed by atoms with Crippen molar-refractivity contribution in [2.45, 2.75) is 6.04 Å². The lowest BCUT2D eigenvalue weighted by Crippen LogP contribution is -2.44. The van der Waals surface area contributed by atoms with Crippen LogP contribution < -0.4 is 5.32 Å². The van der Waals surface area contributed by atoms with E-state index in [4.69, 9.17) is 4.52 Å². The SMILES string of the molecule is CN1CCNCC1c1noc(C2=CN3CCS(=O)(=O)N=C3C=C2)n1.Cl. The predicted molar refractivity (Wildman–Crippen MR) is 94.8 cm³/mol. The first-order valence-corrected chi connectivity index (χ1v) is 9.37. The number of hydrogen-bond donors (Lipinski definition) is 1. The van der Waals surface area contributed by atoms with Crippen LogP contribution in [0, 0.1) is 0 Å². The maximum Gasteiger partial charge on any atom is 0.259 e. The molecular weight excluding hydrogens is 368 g/mol. The zero-order valence-corrected chi connectivity index (χ0v) is 15.3. The topological polar surface area (TPSA) is 104 Å². The van der Waals surface area contributed by atoms with E-state index >= 15 is 0 Å². The number of rotatable bonds is 2. The number of piperazine rings is 1. The van der Waals surface area contributed by atoms with Gasteiger partial charge in [-0.1, -0.05) is 5.16 Å². The largest absolute Gasteiger partial charge is 0.334 e. The molecule has 0 aromatic carbocycles. The molecular formula is C14H19ClN6O3S. The van der Waals surface area contributed by atoms with Gasteiger partial charge in [0.15, 0.2) is 5.82 Å². The highest BCUT2D eigenvalue weighted by Gasteiger charge is 2.28. The first kappa shape index (κ1) is 18.1. The van der Waals surface area contributed by atoms with Crippen LogP contribution in [0.15, 0.2) is 27.3 Å². The first-order valence-electron chi connectivity index (χ1n) is 7.76. The van der Waals surface area contributed by atoms with Crippen molar-refractivity contribution < 1.29 is 12.9 Å². The third kappa shape index (κ3) is 3.61. The summed E-state index contributed by atoms with van der Waals surface area (Å²) in [6, 6.07) is 0.0849. The van der Waals surface area contributed by atoms with Gasteiger partial charge in [0.1, 0.15) is 5.84 Å². The van der Waals surface area contributed by atoms with Crippen LogP contribution in [0.3, 0.4) is 0 Å². The summed E-state index contributed by atoms with van der Waals surface area (Å²) in [6.45, 7) is 3.03. The quantitative estimate of drug-likeness (QED) is 0.758. The Kier molecular flexibility index (Phi) is 4.96. The number of aromatic nitrogens is 2. The molecule has 25 heavy (non-hydrogen) atoms. The molecule has 1 aromatic rings. The summed E-state index contributed by atoms with van der Waals surface area (Å²) in [7, 11) is -1.31. The molecule has 3 aliphatic heterocycles. The van der Waals surface area contributed by atoms with E-state index in [-0.39, 0.29) is 24.2 Å². The van der Waals surface area contributed by atoms with Gasteiger partial charge in [-0.15, -0.1) is 16.8 Å². The molecule has 4 rings (SSSR count). The molecule has 1 aromatic heterocycles. The van der Waals surface area contributed by atoms with Gasteiger partial charge in [-0.25, -0.2) is 8.42 Å². The van der Waals surface area contributed by atoms with Gasteiger partial charge in [-0.2, -0.15) is 4.98 Å². The number of nitrogens with zero attached hydrogens (tertiary/aromatic N) is 5. The standard InChI is InChI=1S/C14H18N6O3S.ClH/c1-19-5-4-15-8-11(19)13-16-14(23-17-13)10-2-3-12-18-24(21,22)7-6-20(12)9-10;/h2-3,9,11,15H,4-8H2,1H3;1H.